The topological polar surface area (TPSA) is 121 Å². The zero-order chi connectivity index (χ0) is 22.9. The molecule has 0 fully saturated rings. The van der Waals surface area contributed by atoms with Crippen LogP contribution in [0.2, 0.25) is 0 Å². The molecule has 0 aliphatic rings. The highest BCUT2D eigenvalue weighted by Crippen LogP contribution is 2.28. The predicted molar refractivity (Wildman–Crippen MR) is 125 cm³/mol. The van der Waals surface area contributed by atoms with E-state index in [0.717, 1.165) is 0 Å². The molecule has 0 saturated heterocycles. The molecule has 0 spiro atoms. The van der Waals surface area contributed by atoms with Crippen molar-refractivity contribution < 1.29 is 19.1 Å². The van der Waals surface area contributed by atoms with Crippen molar-refractivity contribution in [2.75, 3.05) is 28.4 Å². The normalized spacial score (nSPS) is 10.2. The lowest BCUT2D eigenvalue weighted by molar-refractivity contribution is -0.116. The Morgan fingerprint density at radius 3 is 2.47 bits per heavy atom. The van der Waals surface area contributed by atoms with Gasteiger partial charge in [0.2, 0.25) is 11.8 Å². The number of thiazole rings is 1. The number of methoxy groups -OCH3 is 1. The number of carbonyl (C=O) groups is 3. The van der Waals surface area contributed by atoms with Crippen LogP contribution in [0.1, 0.15) is 19.0 Å². The van der Waals surface area contributed by atoms with E-state index in [1.807, 2.05) is 18.2 Å². The number of urea groups is 1. The Labute approximate surface area is 189 Å². The molecule has 166 valence electrons. The van der Waals surface area contributed by atoms with Crippen LogP contribution in [0.4, 0.5) is 27.0 Å². The van der Waals surface area contributed by atoms with Gasteiger partial charge in [-0.1, -0.05) is 18.2 Å². The molecular formula is C22H23N5O4S. The fourth-order valence-corrected chi connectivity index (χ4v) is 3.54. The Kier molecular flexibility index (Phi) is 7.76. The number of aromatic nitrogens is 1. The molecule has 0 atom stereocenters. The van der Waals surface area contributed by atoms with E-state index in [9.17, 15) is 14.4 Å². The van der Waals surface area contributed by atoms with Gasteiger partial charge >= 0.3 is 6.03 Å². The van der Waals surface area contributed by atoms with Crippen molar-refractivity contribution in [1.29, 1.82) is 0 Å². The monoisotopic (exact) mass is 453 g/mol. The number of nitrogens with one attached hydrogen (secondary N) is 4. The van der Waals surface area contributed by atoms with Crippen molar-refractivity contribution >= 4 is 51.4 Å². The summed E-state index contributed by atoms with van der Waals surface area (Å²) >= 11 is 1.28. The number of carbonyl (C=O) groups excluding carboxylic acids is 3. The Balaban J connectivity index is 1.52. The highest BCUT2D eigenvalue weighted by Gasteiger charge is 2.12. The van der Waals surface area contributed by atoms with E-state index in [1.54, 1.807) is 35.7 Å². The molecule has 1 heterocycles. The minimum atomic E-state index is -0.388. The van der Waals surface area contributed by atoms with Gasteiger partial charge in [0, 0.05) is 30.1 Å². The summed E-state index contributed by atoms with van der Waals surface area (Å²) in [5.41, 5.74) is 2.38. The summed E-state index contributed by atoms with van der Waals surface area (Å²) in [4.78, 5) is 40.1. The highest BCUT2D eigenvalue weighted by molar-refractivity contribution is 7.13. The maximum Gasteiger partial charge on any atom is 0.325 e. The quantitative estimate of drug-likeness (QED) is 0.405. The van der Waals surface area contributed by atoms with Gasteiger partial charge in [-0.3, -0.25) is 14.9 Å². The average molecular weight is 454 g/mol. The van der Waals surface area contributed by atoms with E-state index in [1.165, 1.54) is 25.4 Å². The number of ether oxygens (including phenoxy) is 1. The molecule has 3 rings (SSSR count). The van der Waals surface area contributed by atoms with Gasteiger partial charge in [0.05, 0.1) is 18.5 Å². The Bertz CT molecular complexity index is 1100. The molecule has 4 amide bonds. The largest absolute Gasteiger partial charge is 0.495 e. The number of aryl methyl sites for hydroxylation is 1. The van der Waals surface area contributed by atoms with Crippen molar-refractivity contribution in [2.24, 2.45) is 0 Å². The van der Waals surface area contributed by atoms with E-state index in [4.69, 9.17) is 4.74 Å². The molecular weight excluding hydrogens is 430 g/mol. The fraction of sp³-hybridized carbons (Fsp3) is 0.182. The SMILES string of the molecule is COc1ccc(NC(C)=O)cc1NC(=O)CCc1csc(NC(=O)Nc2ccccc2)n1. The number of nitrogens with zero attached hydrogens (tertiary/aromatic N) is 1. The molecule has 9 nitrogen and oxygen atoms in total. The summed E-state index contributed by atoms with van der Waals surface area (Å²) in [6, 6.07) is 13.7. The van der Waals surface area contributed by atoms with Crippen molar-refractivity contribution in [3.63, 3.8) is 0 Å². The van der Waals surface area contributed by atoms with Crippen molar-refractivity contribution in [1.82, 2.24) is 4.98 Å². The second kappa shape index (κ2) is 10.9. The van der Waals surface area contributed by atoms with E-state index < -0.39 is 0 Å². The molecule has 10 heteroatoms. The number of anilines is 4. The number of amides is 4. The molecule has 0 unspecified atom stereocenters. The zero-order valence-electron chi connectivity index (χ0n) is 17.6. The van der Waals surface area contributed by atoms with E-state index in [0.29, 0.717) is 40.1 Å². The molecule has 4 N–H and O–H groups in total. The van der Waals surface area contributed by atoms with Crippen molar-refractivity contribution in [2.45, 2.75) is 19.8 Å². The summed E-state index contributed by atoms with van der Waals surface area (Å²) in [7, 11) is 1.50. The third kappa shape index (κ3) is 6.81. The number of hydrogen-bond donors (Lipinski definition) is 4. The molecule has 0 aliphatic carbocycles. The first-order valence-corrected chi connectivity index (χ1v) is 10.6. The summed E-state index contributed by atoms with van der Waals surface area (Å²) in [6.45, 7) is 1.41. The van der Waals surface area contributed by atoms with Crippen LogP contribution in [0.5, 0.6) is 5.75 Å². The second-order valence-electron chi connectivity index (χ2n) is 6.73. The standard InChI is InChI=1S/C22H23N5O4S/c1-14(28)23-16-8-10-19(31-2)18(12-16)26-20(29)11-9-17-13-32-22(25-17)27-21(30)24-15-6-4-3-5-7-15/h3-8,10,12-13H,9,11H2,1-2H3,(H,23,28)(H,26,29)(H2,24,25,27,30). The molecule has 0 bridgehead atoms. The van der Waals surface area contributed by atoms with Gasteiger partial charge in [-0.15, -0.1) is 11.3 Å². The van der Waals surface area contributed by atoms with E-state index >= 15 is 0 Å². The molecule has 0 aliphatic heterocycles. The third-order valence-corrected chi connectivity index (χ3v) is 5.01. The first-order valence-electron chi connectivity index (χ1n) is 9.76. The summed E-state index contributed by atoms with van der Waals surface area (Å²) in [5, 5.41) is 13.1. The van der Waals surface area contributed by atoms with Crippen LogP contribution >= 0.6 is 11.3 Å². The van der Waals surface area contributed by atoms with Gasteiger partial charge in [0.25, 0.3) is 0 Å². The smallest absolute Gasteiger partial charge is 0.325 e. The minimum Gasteiger partial charge on any atom is -0.495 e. The van der Waals surface area contributed by atoms with Crippen LogP contribution in [0.15, 0.2) is 53.9 Å². The van der Waals surface area contributed by atoms with Gasteiger partial charge in [-0.05, 0) is 36.8 Å². The Hall–Kier alpha value is -3.92. The lowest BCUT2D eigenvalue weighted by Crippen LogP contribution is -2.19. The molecule has 0 saturated carbocycles. The van der Waals surface area contributed by atoms with Gasteiger partial charge in [-0.25, -0.2) is 9.78 Å². The van der Waals surface area contributed by atoms with Crippen LogP contribution in [0, 0.1) is 0 Å². The van der Waals surface area contributed by atoms with Crippen LogP contribution in [-0.2, 0) is 16.0 Å². The highest BCUT2D eigenvalue weighted by atomic mass is 32.1. The number of para-hydroxylation sites is 1. The average Bonchev–Trinajstić information content (AvgIpc) is 3.20. The van der Waals surface area contributed by atoms with Crippen LogP contribution in [0.25, 0.3) is 0 Å². The van der Waals surface area contributed by atoms with Crippen LogP contribution in [-0.4, -0.2) is 29.9 Å². The predicted octanol–water partition coefficient (Wildman–Crippen LogP) is 4.33. The maximum atomic E-state index is 12.4. The summed E-state index contributed by atoms with van der Waals surface area (Å²) < 4.78 is 5.27. The zero-order valence-corrected chi connectivity index (χ0v) is 18.4. The van der Waals surface area contributed by atoms with Gasteiger partial charge in [-0.2, -0.15) is 0 Å². The van der Waals surface area contributed by atoms with Gasteiger partial charge in [0.1, 0.15) is 5.75 Å². The number of rotatable bonds is 8. The first kappa shape index (κ1) is 22.8. The summed E-state index contributed by atoms with van der Waals surface area (Å²) in [6.07, 6.45) is 0.588. The number of hydrogen-bond acceptors (Lipinski definition) is 6. The second-order valence-corrected chi connectivity index (χ2v) is 7.59. The van der Waals surface area contributed by atoms with E-state index in [2.05, 4.69) is 26.3 Å². The summed E-state index contributed by atoms with van der Waals surface area (Å²) in [5.74, 6) is 0.0440. The fourth-order valence-electron chi connectivity index (χ4n) is 2.80. The maximum absolute atomic E-state index is 12.4. The van der Waals surface area contributed by atoms with Crippen LogP contribution in [0.3, 0.4) is 0 Å². The van der Waals surface area contributed by atoms with Crippen molar-refractivity contribution in [3.8, 4) is 5.75 Å². The Morgan fingerprint density at radius 2 is 1.75 bits per heavy atom. The van der Waals surface area contributed by atoms with E-state index in [-0.39, 0.29) is 24.3 Å². The molecule has 2 aromatic carbocycles. The third-order valence-electron chi connectivity index (χ3n) is 4.21. The Morgan fingerprint density at radius 1 is 0.969 bits per heavy atom. The first-order chi connectivity index (χ1) is 15.4. The molecule has 1 aromatic heterocycles. The minimum absolute atomic E-state index is 0.187. The van der Waals surface area contributed by atoms with Gasteiger partial charge < -0.3 is 20.7 Å². The number of benzene rings is 2. The van der Waals surface area contributed by atoms with Gasteiger partial charge in [0.15, 0.2) is 5.13 Å². The molecule has 0 radical (unpaired) electrons. The van der Waals surface area contributed by atoms with Crippen LogP contribution < -0.4 is 26.0 Å². The lowest BCUT2D eigenvalue weighted by atomic mass is 10.2. The molecule has 32 heavy (non-hydrogen) atoms. The lowest BCUT2D eigenvalue weighted by Gasteiger charge is -2.12. The van der Waals surface area contributed by atoms with Crippen molar-refractivity contribution in [3.05, 3.63) is 59.6 Å². The molecule has 3 aromatic rings.